The number of benzene rings is 2. The molecular formula is C27H39NO3. The maximum Gasteiger partial charge on any atom is 0.186 e. The molecule has 5 atom stereocenters. The van der Waals surface area contributed by atoms with E-state index in [1.165, 1.54) is 22.3 Å². The van der Waals surface area contributed by atoms with E-state index in [2.05, 4.69) is 83.8 Å². The van der Waals surface area contributed by atoms with Crippen LogP contribution in [0.4, 0.5) is 0 Å². The quantitative estimate of drug-likeness (QED) is 0.718. The maximum atomic E-state index is 12.0. The van der Waals surface area contributed by atoms with Gasteiger partial charge in [0, 0.05) is 18.4 Å². The largest absolute Gasteiger partial charge is 0.396 e. The molecule has 1 saturated heterocycles. The molecule has 31 heavy (non-hydrogen) atoms. The molecule has 1 heterocycles. The fraction of sp³-hybridized carbons (Fsp3) is 0.556. The van der Waals surface area contributed by atoms with Gasteiger partial charge in [0.1, 0.15) is 0 Å². The van der Waals surface area contributed by atoms with Crippen molar-refractivity contribution in [3.8, 4) is 0 Å². The van der Waals surface area contributed by atoms with E-state index in [4.69, 9.17) is 4.74 Å². The third kappa shape index (κ3) is 4.58. The summed E-state index contributed by atoms with van der Waals surface area (Å²) in [5.74, 6) is -1.63. The molecule has 0 amide bonds. The number of aliphatic hydroxyl groups excluding tert-OH is 1. The lowest BCUT2D eigenvalue weighted by molar-refractivity contribution is -0.309. The molecule has 4 nitrogen and oxygen atoms in total. The van der Waals surface area contributed by atoms with Crippen molar-refractivity contribution >= 4 is 0 Å². The van der Waals surface area contributed by atoms with E-state index in [1.54, 1.807) is 0 Å². The van der Waals surface area contributed by atoms with Crippen LogP contribution in [0.5, 0.6) is 0 Å². The summed E-state index contributed by atoms with van der Waals surface area (Å²) in [6.07, 6.45) is 0.198. The van der Waals surface area contributed by atoms with Gasteiger partial charge in [-0.1, -0.05) is 30.3 Å². The average molecular weight is 426 g/mol. The number of morpholine rings is 1. The van der Waals surface area contributed by atoms with E-state index < -0.39 is 5.79 Å². The Balaban J connectivity index is 2.05. The SMILES string of the molecule is Cc1ccc(C2N(C)C(C)C(C)OC2(O)CC(CO)c2cc(C)c(C)cc2C)cc1C. The molecule has 1 fully saturated rings. The first kappa shape index (κ1) is 23.9. The van der Waals surface area contributed by atoms with Crippen LogP contribution in [0.3, 0.4) is 0 Å². The van der Waals surface area contributed by atoms with Crippen LogP contribution in [-0.4, -0.2) is 46.7 Å². The highest BCUT2D eigenvalue weighted by Gasteiger charge is 2.50. The van der Waals surface area contributed by atoms with Gasteiger partial charge in [-0.2, -0.15) is 0 Å². The van der Waals surface area contributed by atoms with Crippen molar-refractivity contribution in [2.24, 2.45) is 0 Å². The van der Waals surface area contributed by atoms with Crippen molar-refractivity contribution in [2.75, 3.05) is 13.7 Å². The van der Waals surface area contributed by atoms with Gasteiger partial charge in [-0.3, -0.25) is 4.90 Å². The Hall–Kier alpha value is -1.72. The number of nitrogens with zero attached hydrogens (tertiary/aromatic N) is 1. The minimum atomic E-state index is -1.42. The molecule has 170 valence electrons. The van der Waals surface area contributed by atoms with Crippen molar-refractivity contribution in [1.29, 1.82) is 0 Å². The molecule has 0 saturated carbocycles. The molecule has 0 radical (unpaired) electrons. The molecule has 5 unspecified atom stereocenters. The second-order valence-electron chi connectivity index (χ2n) is 9.70. The van der Waals surface area contributed by atoms with Crippen LogP contribution >= 0.6 is 0 Å². The summed E-state index contributed by atoms with van der Waals surface area (Å²) >= 11 is 0. The van der Waals surface area contributed by atoms with Crippen molar-refractivity contribution in [3.05, 3.63) is 69.3 Å². The first-order valence-electron chi connectivity index (χ1n) is 11.4. The first-order valence-corrected chi connectivity index (χ1v) is 11.4. The molecule has 2 aromatic rings. The fourth-order valence-corrected chi connectivity index (χ4v) is 5.01. The van der Waals surface area contributed by atoms with Crippen LogP contribution in [0.2, 0.25) is 0 Å². The Morgan fingerprint density at radius 1 is 0.935 bits per heavy atom. The molecule has 1 aliphatic rings. The Labute approximate surface area is 187 Å². The molecule has 0 bridgehead atoms. The minimum absolute atomic E-state index is 0.0394. The number of ether oxygens (including phenoxy) is 1. The summed E-state index contributed by atoms with van der Waals surface area (Å²) in [7, 11) is 2.06. The second-order valence-corrected chi connectivity index (χ2v) is 9.70. The van der Waals surface area contributed by atoms with Crippen LogP contribution in [0.1, 0.15) is 71.2 Å². The fourth-order valence-electron chi connectivity index (χ4n) is 5.01. The van der Waals surface area contributed by atoms with E-state index in [9.17, 15) is 10.2 Å². The van der Waals surface area contributed by atoms with Crippen molar-refractivity contribution in [3.63, 3.8) is 0 Å². The Kier molecular flexibility index (Phi) is 6.97. The summed E-state index contributed by atoms with van der Waals surface area (Å²) < 4.78 is 6.34. The summed E-state index contributed by atoms with van der Waals surface area (Å²) in [4.78, 5) is 2.22. The predicted molar refractivity (Wildman–Crippen MR) is 126 cm³/mol. The average Bonchev–Trinajstić information content (AvgIpc) is 2.70. The molecule has 0 aromatic heterocycles. The van der Waals surface area contributed by atoms with Gasteiger partial charge in [-0.05, 0) is 94.5 Å². The van der Waals surface area contributed by atoms with Crippen molar-refractivity contribution in [1.82, 2.24) is 4.90 Å². The van der Waals surface area contributed by atoms with Gasteiger partial charge in [-0.15, -0.1) is 0 Å². The number of hydrogen-bond acceptors (Lipinski definition) is 4. The standard InChI is InChI=1S/C27H39NO3/c1-16-9-10-23(12-18(16)3)26-27(30,31-22(7)21(6)28(26)8)14-24(15-29)25-13-19(4)17(2)11-20(25)5/h9-13,21-22,24,26,29-30H,14-15H2,1-8H3. The smallest absolute Gasteiger partial charge is 0.186 e. The zero-order valence-electron chi connectivity index (χ0n) is 20.4. The van der Waals surface area contributed by atoms with Gasteiger partial charge in [0.25, 0.3) is 0 Å². The van der Waals surface area contributed by atoms with Gasteiger partial charge in [0.2, 0.25) is 0 Å². The van der Waals surface area contributed by atoms with Crippen LogP contribution in [-0.2, 0) is 4.74 Å². The summed E-state index contributed by atoms with van der Waals surface area (Å²) in [6.45, 7) is 14.6. The topological polar surface area (TPSA) is 52.9 Å². The van der Waals surface area contributed by atoms with Gasteiger partial charge >= 0.3 is 0 Å². The zero-order valence-corrected chi connectivity index (χ0v) is 20.4. The van der Waals surface area contributed by atoms with Gasteiger partial charge in [0.15, 0.2) is 5.79 Å². The maximum absolute atomic E-state index is 12.0. The molecule has 4 heteroatoms. The van der Waals surface area contributed by atoms with Crippen LogP contribution < -0.4 is 0 Å². The third-order valence-electron chi connectivity index (χ3n) is 7.47. The highest BCUT2D eigenvalue weighted by Crippen LogP contribution is 2.45. The Morgan fingerprint density at radius 2 is 1.55 bits per heavy atom. The van der Waals surface area contributed by atoms with Gasteiger partial charge in [0.05, 0.1) is 18.8 Å². The lowest BCUT2D eigenvalue weighted by Crippen LogP contribution is -2.60. The Morgan fingerprint density at radius 3 is 2.16 bits per heavy atom. The number of likely N-dealkylation sites (N-methyl/N-ethyl adjacent to an activating group) is 1. The molecule has 1 aliphatic heterocycles. The van der Waals surface area contributed by atoms with Gasteiger partial charge < -0.3 is 14.9 Å². The highest BCUT2D eigenvalue weighted by molar-refractivity contribution is 5.39. The molecule has 3 rings (SSSR count). The minimum Gasteiger partial charge on any atom is -0.396 e. The zero-order chi connectivity index (χ0) is 23.1. The molecule has 0 spiro atoms. The van der Waals surface area contributed by atoms with Crippen LogP contribution in [0, 0.1) is 34.6 Å². The summed E-state index contributed by atoms with van der Waals surface area (Å²) in [6, 6.07) is 10.5. The van der Waals surface area contributed by atoms with Crippen molar-refractivity contribution < 1.29 is 14.9 Å². The van der Waals surface area contributed by atoms with Crippen molar-refractivity contribution in [2.45, 2.75) is 84.8 Å². The second kappa shape index (κ2) is 9.03. The third-order valence-corrected chi connectivity index (χ3v) is 7.47. The van der Waals surface area contributed by atoms with E-state index in [0.717, 1.165) is 16.7 Å². The van der Waals surface area contributed by atoms with Crippen LogP contribution in [0.25, 0.3) is 0 Å². The molecular weight excluding hydrogens is 386 g/mol. The van der Waals surface area contributed by atoms with E-state index in [0.29, 0.717) is 6.42 Å². The van der Waals surface area contributed by atoms with E-state index in [1.807, 2.05) is 6.92 Å². The number of aliphatic hydroxyl groups is 2. The monoisotopic (exact) mass is 425 g/mol. The Bertz CT molecular complexity index is 940. The van der Waals surface area contributed by atoms with Gasteiger partial charge in [-0.25, -0.2) is 0 Å². The highest BCUT2D eigenvalue weighted by atomic mass is 16.6. The molecule has 2 N–H and O–H groups in total. The van der Waals surface area contributed by atoms with E-state index >= 15 is 0 Å². The summed E-state index contributed by atoms with van der Waals surface area (Å²) in [5.41, 5.74) is 8.12. The lowest BCUT2D eigenvalue weighted by Gasteiger charge is -2.52. The predicted octanol–water partition coefficient (Wildman–Crippen LogP) is 4.86. The number of aryl methyl sites for hydroxylation is 5. The number of hydrogen-bond donors (Lipinski definition) is 2. The first-order chi connectivity index (χ1) is 14.5. The number of rotatable bonds is 5. The van der Waals surface area contributed by atoms with E-state index in [-0.39, 0.29) is 30.7 Å². The molecule has 0 aliphatic carbocycles. The molecule has 2 aromatic carbocycles. The lowest BCUT2D eigenvalue weighted by atomic mass is 9.81. The van der Waals surface area contributed by atoms with Crippen LogP contribution in [0.15, 0.2) is 30.3 Å². The normalized spacial score (nSPS) is 28.0. The summed E-state index contributed by atoms with van der Waals surface area (Å²) in [5, 5.41) is 22.4.